The summed E-state index contributed by atoms with van der Waals surface area (Å²) in [5.41, 5.74) is -0.193. The molecule has 6 nitrogen and oxygen atoms in total. The largest absolute Gasteiger partial charge is 0.492 e. The van der Waals surface area contributed by atoms with Crippen molar-refractivity contribution in [2.24, 2.45) is 10.4 Å². The van der Waals surface area contributed by atoms with E-state index in [1.165, 1.54) is 6.26 Å². The zero-order chi connectivity index (χ0) is 20.5. The molecule has 0 saturated heterocycles. The van der Waals surface area contributed by atoms with Crippen LogP contribution < -0.4 is 10.1 Å². The Morgan fingerprint density at radius 2 is 2.04 bits per heavy atom. The highest BCUT2D eigenvalue weighted by Crippen LogP contribution is 2.21. The molecule has 1 rings (SSSR count). The van der Waals surface area contributed by atoms with Crippen molar-refractivity contribution in [1.82, 2.24) is 10.2 Å². The Kier molecular flexibility index (Phi) is 12.4. The van der Waals surface area contributed by atoms with Crippen LogP contribution in [0.1, 0.15) is 27.2 Å². The number of hydrogen-bond acceptors (Lipinski definition) is 4. The number of nitrogens with one attached hydrogen (secondary N) is 1. The van der Waals surface area contributed by atoms with Gasteiger partial charge in [0.2, 0.25) is 0 Å². The average molecular weight is 546 g/mol. The quantitative estimate of drug-likeness (QED) is 0.276. The molecule has 28 heavy (non-hydrogen) atoms. The molecule has 0 spiro atoms. The highest BCUT2D eigenvalue weighted by molar-refractivity contribution is 14.0. The Morgan fingerprint density at radius 1 is 1.36 bits per heavy atom. The van der Waals surface area contributed by atoms with E-state index in [2.05, 4.69) is 10.3 Å². The van der Waals surface area contributed by atoms with Crippen LogP contribution in [0.3, 0.4) is 0 Å². The van der Waals surface area contributed by atoms with Gasteiger partial charge in [-0.05, 0) is 37.0 Å². The second kappa shape index (κ2) is 12.7. The van der Waals surface area contributed by atoms with E-state index in [1.54, 1.807) is 6.07 Å². The molecular formula is C19H33ClIN3O3S. The topological polar surface area (TPSA) is 71.0 Å². The standard InChI is InChI=1S/C19H32ClN3O3S.HI/c1-6-21-18(22-15-19(2,3)10-13-27(5,24)25)23(4)11-12-26-17-9-7-8-16(20)14-17;/h7-9,14H,6,10-13,15H2,1-5H3,(H,21,22);1H. The van der Waals surface area contributed by atoms with E-state index in [1.807, 2.05) is 50.9 Å². The second-order valence-electron chi connectivity index (χ2n) is 7.44. The van der Waals surface area contributed by atoms with E-state index in [-0.39, 0.29) is 35.1 Å². The summed E-state index contributed by atoms with van der Waals surface area (Å²) in [6, 6.07) is 7.31. The molecule has 0 unspecified atom stereocenters. The first-order chi connectivity index (χ1) is 12.5. The van der Waals surface area contributed by atoms with Gasteiger partial charge in [0.15, 0.2) is 5.96 Å². The molecule has 162 valence electrons. The Hall–Kier alpha value is -0.740. The van der Waals surface area contributed by atoms with Crippen LogP contribution in [0.25, 0.3) is 0 Å². The molecule has 0 amide bonds. The second-order valence-corrected chi connectivity index (χ2v) is 10.1. The maximum Gasteiger partial charge on any atom is 0.193 e. The summed E-state index contributed by atoms with van der Waals surface area (Å²) in [7, 11) is -1.01. The first-order valence-corrected chi connectivity index (χ1v) is 11.5. The fourth-order valence-electron chi connectivity index (χ4n) is 2.26. The molecule has 0 aliphatic rings. The van der Waals surface area contributed by atoms with Crippen molar-refractivity contribution in [2.75, 3.05) is 45.3 Å². The van der Waals surface area contributed by atoms with Crippen molar-refractivity contribution in [1.29, 1.82) is 0 Å². The molecule has 0 atom stereocenters. The highest BCUT2D eigenvalue weighted by Gasteiger charge is 2.20. The molecule has 0 fully saturated rings. The minimum atomic E-state index is -2.96. The van der Waals surface area contributed by atoms with E-state index in [0.29, 0.717) is 31.1 Å². The predicted octanol–water partition coefficient (Wildman–Crippen LogP) is 3.70. The Balaban J connectivity index is 0.00000729. The highest BCUT2D eigenvalue weighted by atomic mass is 127. The summed E-state index contributed by atoms with van der Waals surface area (Å²) in [5, 5.41) is 3.91. The first kappa shape index (κ1) is 27.3. The number of ether oxygens (including phenoxy) is 1. The molecule has 9 heteroatoms. The van der Waals surface area contributed by atoms with Crippen molar-refractivity contribution in [3.63, 3.8) is 0 Å². The Bertz CT molecular complexity index is 727. The molecule has 0 saturated carbocycles. The van der Waals surface area contributed by atoms with E-state index in [9.17, 15) is 8.42 Å². The minimum absolute atomic E-state index is 0. The Labute approximate surface area is 192 Å². The van der Waals surface area contributed by atoms with Gasteiger partial charge in [-0.15, -0.1) is 24.0 Å². The zero-order valence-corrected chi connectivity index (χ0v) is 21.3. The predicted molar refractivity (Wildman–Crippen MR) is 129 cm³/mol. The smallest absolute Gasteiger partial charge is 0.193 e. The third-order valence-electron chi connectivity index (χ3n) is 3.99. The fourth-order valence-corrected chi connectivity index (χ4v) is 3.37. The van der Waals surface area contributed by atoms with Crippen LogP contribution in [0, 0.1) is 5.41 Å². The number of sulfone groups is 1. The fraction of sp³-hybridized carbons (Fsp3) is 0.632. The summed E-state index contributed by atoms with van der Waals surface area (Å²) in [6.07, 6.45) is 1.85. The van der Waals surface area contributed by atoms with Gasteiger partial charge in [0, 0.05) is 31.4 Å². The number of nitrogens with zero attached hydrogens (tertiary/aromatic N) is 2. The summed E-state index contributed by atoms with van der Waals surface area (Å²) in [4.78, 5) is 6.69. The number of rotatable bonds is 10. The van der Waals surface area contributed by atoms with E-state index < -0.39 is 9.84 Å². The van der Waals surface area contributed by atoms with Crippen LogP contribution in [0.2, 0.25) is 5.02 Å². The van der Waals surface area contributed by atoms with Gasteiger partial charge < -0.3 is 15.0 Å². The molecule has 0 bridgehead atoms. The van der Waals surface area contributed by atoms with Gasteiger partial charge in [-0.1, -0.05) is 31.5 Å². The molecular weight excluding hydrogens is 513 g/mol. The number of hydrogen-bond donors (Lipinski definition) is 1. The summed E-state index contributed by atoms with van der Waals surface area (Å²) in [6.45, 7) is 8.54. The molecule has 0 radical (unpaired) electrons. The number of guanidine groups is 1. The zero-order valence-electron chi connectivity index (χ0n) is 17.4. The van der Waals surface area contributed by atoms with Crippen molar-refractivity contribution >= 4 is 51.4 Å². The van der Waals surface area contributed by atoms with E-state index in [4.69, 9.17) is 16.3 Å². The molecule has 1 aromatic carbocycles. The lowest BCUT2D eigenvalue weighted by molar-refractivity contribution is 0.280. The van der Waals surface area contributed by atoms with Crippen LogP contribution >= 0.6 is 35.6 Å². The van der Waals surface area contributed by atoms with Crippen molar-refractivity contribution < 1.29 is 13.2 Å². The molecule has 0 aliphatic heterocycles. The lowest BCUT2D eigenvalue weighted by Gasteiger charge is -2.26. The molecule has 1 N–H and O–H groups in total. The monoisotopic (exact) mass is 545 g/mol. The van der Waals surface area contributed by atoms with Crippen LogP contribution in [-0.2, 0) is 9.84 Å². The van der Waals surface area contributed by atoms with Gasteiger partial charge in [0.25, 0.3) is 0 Å². The van der Waals surface area contributed by atoms with Gasteiger partial charge in [0.05, 0.1) is 12.3 Å². The van der Waals surface area contributed by atoms with Gasteiger partial charge >= 0.3 is 0 Å². The van der Waals surface area contributed by atoms with Crippen LogP contribution in [0.4, 0.5) is 0 Å². The van der Waals surface area contributed by atoms with Crippen molar-refractivity contribution in [2.45, 2.75) is 27.2 Å². The van der Waals surface area contributed by atoms with Crippen LogP contribution in [0.5, 0.6) is 5.75 Å². The minimum Gasteiger partial charge on any atom is -0.492 e. The number of likely N-dealkylation sites (N-methyl/N-ethyl adjacent to an activating group) is 1. The lowest BCUT2D eigenvalue weighted by atomic mass is 9.90. The normalized spacial score (nSPS) is 12.3. The third-order valence-corrected chi connectivity index (χ3v) is 5.18. The van der Waals surface area contributed by atoms with Gasteiger partial charge in [-0.2, -0.15) is 0 Å². The number of halogens is 2. The maximum atomic E-state index is 11.4. The lowest BCUT2D eigenvalue weighted by Crippen LogP contribution is -2.41. The van der Waals surface area contributed by atoms with E-state index in [0.717, 1.165) is 18.3 Å². The third kappa shape index (κ3) is 12.0. The molecule has 1 aromatic rings. The van der Waals surface area contributed by atoms with Crippen LogP contribution in [0.15, 0.2) is 29.3 Å². The summed E-state index contributed by atoms with van der Waals surface area (Å²) >= 11 is 5.96. The average Bonchev–Trinajstić information content (AvgIpc) is 2.56. The molecule has 0 heterocycles. The van der Waals surface area contributed by atoms with E-state index >= 15 is 0 Å². The first-order valence-electron chi connectivity index (χ1n) is 9.08. The molecule has 0 aliphatic carbocycles. The summed E-state index contributed by atoms with van der Waals surface area (Å²) in [5.74, 6) is 1.69. The number of benzene rings is 1. The van der Waals surface area contributed by atoms with Gasteiger partial charge in [-0.25, -0.2) is 8.42 Å². The Morgan fingerprint density at radius 3 is 2.61 bits per heavy atom. The number of aliphatic imine (C=N–C) groups is 1. The SMILES string of the molecule is CCNC(=NCC(C)(C)CCS(C)(=O)=O)N(C)CCOc1cccc(Cl)c1.I. The van der Waals surface area contributed by atoms with Crippen molar-refractivity contribution in [3.05, 3.63) is 29.3 Å². The van der Waals surface area contributed by atoms with Crippen molar-refractivity contribution in [3.8, 4) is 5.75 Å². The van der Waals surface area contributed by atoms with Gasteiger partial charge in [0.1, 0.15) is 22.2 Å². The summed E-state index contributed by atoms with van der Waals surface area (Å²) < 4.78 is 28.5. The maximum absolute atomic E-state index is 11.4. The van der Waals surface area contributed by atoms with Crippen LogP contribution in [-0.4, -0.2) is 64.6 Å². The van der Waals surface area contributed by atoms with Gasteiger partial charge in [-0.3, -0.25) is 4.99 Å². The molecule has 0 aromatic heterocycles.